The minimum atomic E-state index is -0.627. The summed E-state index contributed by atoms with van der Waals surface area (Å²) in [5.41, 5.74) is 1.41. The molecule has 0 fully saturated rings. The maximum atomic E-state index is 12.6. The maximum absolute atomic E-state index is 12.6. The summed E-state index contributed by atoms with van der Waals surface area (Å²) in [6, 6.07) is 10.1. The molecule has 0 aliphatic carbocycles. The fourth-order valence-corrected chi connectivity index (χ4v) is 2.51. The van der Waals surface area contributed by atoms with Crippen molar-refractivity contribution in [1.82, 2.24) is 15.6 Å². The van der Waals surface area contributed by atoms with Gasteiger partial charge in [-0.05, 0) is 35.7 Å². The Balaban J connectivity index is 1.89. The third kappa shape index (κ3) is 6.66. The van der Waals surface area contributed by atoms with Crippen LogP contribution in [0.2, 0.25) is 0 Å². The van der Waals surface area contributed by atoms with Gasteiger partial charge in [0.2, 0.25) is 5.91 Å². The second-order valence-electron chi connectivity index (χ2n) is 6.63. The van der Waals surface area contributed by atoms with Crippen LogP contribution >= 0.6 is 0 Å². The van der Waals surface area contributed by atoms with Crippen LogP contribution in [-0.4, -0.2) is 43.2 Å². The van der Waals surface area contributed by atoms with Gasteiger partial charge in [-0.15, -0.1) is 0 Å². The van der Waals surface area contributed by atoms with Gasteiger partial charge in [-0.25, -0.2) is 0 Å². The van der Waals surface area contributed by atoms with E-state index in [4.69, 9.17) is 9.47 Å². The van der Waals surface area contributed by atoms with Crippen LogP contribution in [0.5, 0.6) is 5.75 Å². The Morgan fingerprint density at radius 2 is 1.71 bits per heavy atom. The number of carbonyl (C=O) groups is 2. The first kappa shape index (κ1) is 21.4. The monoisotopic (exact) mass is 385 g/mol. The molecule has 0 bridgehead atoms. The van der Waals surface area contributed by atoms with E-state index < -0.39 is 6.04 Å². The third-order valence-corrected chi connectivity index (χ3v) is 4.12. The molecule has 1 heterocycles. The van der Waals surface area contributed by atoms with Crippen LogP contribution < -0.4 is 15.4 Å². The fourth-order valence-electron chi connectivity index (χ4n) is 2.51. The number of carbonyl (C=O) groups excluding carboxylic acids is 2. The summed E-state index contributed by atoms with van der Waals surface area (Å²) in [4.78, 5) is 28.8. The molecule has 7 heteroatoms. The zero-order valence-electron chi connectivity index (χ0n) is 16.5. The second kappa shape index (κ2) is 11.0. The van der Waals surface area contributed by atoms with Crippen molar-refractivity contribution in [2.45, 2.75) is 26.4 Å². The fraction of sp³-hybridized carbons (Fsp3) is 0.381. The highest BCUT2D eigenvalue weighted by Gasteiger charge is 2.24. The predicted molar refractivity (Wildman–Crippen MR) is 106 cm³/mol. The lowest BCUT2D eigenvalue weighted by Crippen LogP contribution is -2.49. The number of hydrogen-bond acceptors (Lipinski definition) is 5. The number of pyridine rings is 1. The van der Waals surface area contributed by atoms with Gasteiger partial charge in [0.1, 0.15) is 18.4 Å². The number of amides is 2. The molecular weight excluding hydrogens is 358 g/mol. The molecule has 0 spiro atoms. The van der Waals surface area contributed by atoms with Crippen molar-refractivity contribution in [2.75, 3.05) is 20.3 Å². The molecule has 2 amide bonds. The van der Waals surface area contributed by atoms with Crippen LogP contribution in [0.1, 0.15) is 29.8 Å². The first-order valence-corrected chi connectivity index (χ1v) is 9.20. The Labute approximate surface area is 165 Å². The highest BCUT2D eigenvalue weighted by molar-refractivity contribution is 5.97. The molecule has 0 radical (unpaired) electrons. The van der Waals surface area contributed by atoms with Crippen molar-refractivity contribution in [3.05, 3.63) is 59.9 Å². The summed E-state index contributed by atoms with van der Waals surface area (Å²) in [7, 11) is 1.62. The molecule has 7 nitrogen and oxygen atoms in total. The van der Waals surface area contributed by atoms with Gasteiger partial charge in [-0.2, -0.15) is 0 Å². The number of benzene rings is 1. The quantitative estimate of drug-likeness (QED) is 0.612. The van der Waals surface area contributed by atoms with Crippen molar-refractivity contribution in [3.63, 3.8) is 0 Å². The number of rotatable bonds is 10. The van der Waals surface area contributed by atoms with E-state index >= 15 is 0 Å². The summed E-state index contributed by atoms with van der Waals surface area (Å²) in [5, 5.41) is 5.68. The molecule has 1 aromatic heterocycles. The molecule has 1 atom stereocenters. The van der Waals surface area contributed by atoms with E-state index in [-0.39, 0.29) is 17.7 Å². The van der Waals surface area contributed by atoms with E-state index in [0.29, 0.717) is 25.3 Å². The first-order valence-electron chi connectivity index (χ1n) is 9.20. The maximum Gasteiger partial charge on any atom is 0.252 e. The van der Waals surface area contributed by atoms with Crippen LogP contribution in [0.25, 0.3) is 0 Å². The Bertz CT molecular complexity index is 748. The Morgan fingerprint density at radius 3 is 2.32 bits per heavy atom. The molecule has 2 rings (SSSR count). The number of nitrogens with one attached hydrogen (secondary N) is 2. The minimum absolute atomic E-state index is 0.0534. The molecule has 150 valence electrons. The molecule has 1 aromatic carbocycles. The lowest BCUT2D eigenvalue weighted by atomic mass is 10.0. The second-order valence-corrected chi connectivity index (χ2v) is 6.63. The van der Waals surface area contributed by atoms with Crippen LogP contribution in [0.4, 0.5) is 0 Å². The molecular formula is C21H27N3O4. The van der Waals surface area contributed by atoms with E-state index in [1.54, 1.807) is 31.6 Å². The molecule has 1 unspecified atom stereocenters. The number of hydrogen-bond donors (Lipinski definition) is 2. The van der Waals surface area contributed by atoms with Crippen molar-refractivity contribution < 1.29 is 19.1 Å². The lowest BCUT2D eigenvalue weighted by molar-refractivity contribution is -0.124. The van der Waals surface area contributed by atoms with Crippen LogP contribution in [0.15, 0.2) is 48.8 Å². The Hall–Kier alpha value is -2.93. The summed E-state index contributed by atoms with van der Waals surface area (Å²) in [5.74, 6) is 0.172. The van der Waals surface area contributed by atoms with Crippen molar-refractivity contribution in [2.24, 2.45) is 5.92 Å². The molecule has 0 saturated carbocycles. The lowest BCUT2D eigenvalue weighted by Gasteiger charge is -2.22. The SMILES string of the molecule is COCCOc1ccc(CNC(=O)C(NC(=O)c2ccncc2)C(C)C)cc1. The smallest absolute Gasteiger partial charge is 0.252 e. The number of aromatic nitrogens is 1. The third-order valence-electron chi connectivity index (χ3n) is 4.12. The number of nitrogens with zero attached hydrogens (tertiary/aromatic N) is 1. The van der Waals surface area contributed by atoms with Gasteiger partial charge in [-0.3, -0.25) is 14.6 Å². The number of ether oxygens (including phenoxy) is 2. The normalized spacial score (nSPS) is 11.7. The first-order chi connectivity index (χ1) is 13.5. The largest absolute Gasteiger partial charge is 0.491 e. The van der Waals surface area contributed by atoms with Gasteiger partial charge in [0.25, 0.3) is 5.91 Å². The number of methoxy groups -OCH3 is 1. The molecule has 2 aromatic rings. The molecule has 2 N–H and O–H groups in total. The van der Waals surface area contributed by atoms with Gasteiger partial charge in [0, 0.05) is 31.6 Å². The average Bonchev–Trinajstić information content (AvgIpc) is 2.71. The Morgan fingerprint density at radius 1 is 1.04 bits per heavy atom. The highest BCUT2D eigenvalue weighted by Crippen LogP contribution is 2.12. The molecule has 28 heavy (non-hydrogen) atoms. The molecule has 0 aliphatic rings. The summed E-state index contributed by atoms with van der Waals surface area (Å²) in [6.45, 7) is 5.16. The predicted octanol–water partition coefficient (Wildman–Crippen LogP) is 2.18. The minimum Gasteiger partial charge on any atom is -0.491 e. The van der Waals surface area contributed by atoms with Gasteiger partial charge < -0.3 is 20.1 Å². The van der Waals surface area contributed by atoms with E-state index in [1.165, 1.54) is 0 Å². The zero-order chi connectivity index (χ0) is 20.4. The zero-order valence-corrected chi connectivity index (χ0v) is 16.5. The van der Waals surface area contributed by atoms with E-state index in [1.807, 2.05) is 38.1 Å². The van der Waals surface area contributed by atoms with Gasteiger partial charge in [-0.1, -0.05) is 26.0 Å². The summed E-state index contributed by atoms with van der Waals surface area (Å²) in [6.07, 6.45) is 3.09. The van der Waals surface area contributed by atoms with Crippen molar-refractivity contribution >= 4 is 11.8 Å². The Kier molecular flexibility index (Phi) is 8.42. The summed E-state index contributed by atoms with van der Waals surface area (Å²) >= 11 is 0. The average molecular weight is 385 g/mol. The van der Waals surface area contributed by atoms with Crippen LogP contribution in [0.3, 0.4) is 0 Å². The molecule has 0 saturated heterocycles. The van der Waals surface area contributed by atoms with E-state index in [2.05, 4.69) is 15.6 Å². The van der Waals surface area contributed by atoms with Crippen LogP contribution in [0, 0.1) is 5.92 Å². The highest BCUT2D eigenvalue weighted by atomic mass is 16.5. The summed E-state index contributed by atoms with van der Waals surface area (Å²) < 4.78 is 10.5. The van der Waals surface area contributed by atoms with Gasteiger partial charge in [0.05, 0.1) is 6.61 Å². The van der Waals surface area contributed by atoms with Crippen molar-refractivity contribution in [1.29, 1.82) is 0 Å². The van der Waals surface area contributed by atoms with E-state index in [0.717, 1.165) is 11.3 Å². The standard InChI is InChI=1S/C21H27N3O4/c1-15(2)19(24-20(25)17-8-10-22-11-9-17)21(26)23-14-16-4-6-18(7-5-16)28-13-12-27-3/h4-11,15,19H,12-14H2,1-3H3,(H,23,26)(H,24,25). The topological polar surface area (TPSA) is 89.5 Å². The van der Waals surface area contributed by atoms with Gasteiger partial charge >= 0.3 is 0 Å². The molecule has 0 aliphatic heterocycles. The van der Waals surface area contributed by atoms with Crippen LogP contribution in [-0.2, 0) is 16.1 Å². The van der Waals surface area contributed by atoms with Crippen molar-refractivity contribution in [3.8, 4) is 5.75 Å². The van der Waals surface area contributed by atoms with Gasteiger partial charge in [0.15, 0.2) is 0 Å². The van der Waals surface area contributed by atoms with E-state index in [9.17, 15) is 9.59 Å².